The second kappa shape index (κ2) is 5.67. The fourth-order valence-electron chi connectivity index (χ4n) is 1.66. The third-order valence-electron chi connectivity index (χ3n) is 2.56. The Kier molecular flexibility index (Phi) is 4.19. The zero-order chi connectivity index (χ0) is 13.1. The topological polar surface area (TPSA) is 26.3 Å². The summed E-state index contributed by atoms with van der Waals surface area (Å²) in [5.74, 6) is 0.762. The van der Waals surface area contributed by atoms with E-state index in [4.69, 9.17) is 4.74 Å². The molecular formula is C14H13BrO2S. The van der Waals surface area contributed by atoms with Gasteiger partial charge in [-0.25, -0.2) is 0 Å². The van der Waals surface area contributed by atoms with Gasteiger partial charge in [0.05, 0.1) is 4.88 Å². The molecule has 0 N–H and O–H groups in total. The Morgan fingerprint density at radius 2 is 2.11 bits per heavy atom. The summed E-state index contributed by atoms with van der Waals surface area (Å²) in [6, 6.07) is 7.80. The Bertz CT molecular complexity index is 575. The number of halogens is 1. The molecule has 1 aromatic carbocycles. The van der Waals surface area contributed by atoms with Crippen molar-refractivity contribution in [3.63, 3.8) is 0 Å². The molecule has 0 fully saturated rings. The van der Waals surface area contributed by atoms with E-state index in [2.05, 4.69) is 15.9 Å². The van der Waals surface area contributed by atoms with Crippen LogP contribution in [0.4, 0.5) is 0 Å². The van der Waals surface area contributed by atoms with Crippen LogP contribution in [0, 0.1) is 13.8 Å². The summed E-state index contributed by atoms with van der Waals surface area (Å²) in [7, 11) is 0. The lowest BCUT2D eigenvalue weighted by Gasteiger charge is -2.08. The lowest BCUT2D eigenvalue weighted by molar-refractivity contribution is 0.0924. The largest absolute Gasteiger partial charge is 0.485 e. The van der Waals surface area contributed by atoms with Crippen LogP contribution >= 0.6 is 27.3 Å². The van der Waals surface area contributed by atoms with Crippen molar-refractivity contribution in [2.45, 2.75) is 13.8 Å². The van der Waals surface area contributed by atoms with Crippen molar-refractivity contribution in [1.82, 2.24) is 0 Å². The van der Waals surface area contributed by atoms with Crippen molar-refractivity contribution < 1.29 is 9.53 Å². The maximum Gasteiger partial charge on any atom is 0.211 e. The number of rotatable bonds is 4. The Morgan fingerprint density at radius 1 is 1.33 bits per heavy atom. The highest BCUT2D eigenvalue weighted by atomic mass is 79.9. The number of Topliss-reactive ketones (excluding diaryl/α,β-unsaturated/α-hetero) is 1. The second-order valence-electron chi connectivity index (χ2n) is 4.08. The van der Waals surface area contributed by atoms with Crippen LogP contribution in [0.5, 0.6) is 5.75 Å². The highest BCUT2D eigenvalue weighted by Gasteiger charge is 2.12. The van der Waals surface area contributed by atoms with Gasteiger partial charge in [0.1, 0.15) is 5.75 Å². The number of aryl methyl sites for hydroxylation is 2. The van der Waals surface area contributed by atoms with E-state index in [1.165, 1.54) is 16.9 Å². The molecule has 0 amide bonds. The number of carbonyl (C=O) groups excluding carboxylic acids is 1. The molecule has 0 spiro atoms. The van der Waals surface area contributed by atoms with Gasteiger partial charge in [-0.1, -0.05) is 17.7 Å². The van der Waals surface area contributed by atoms with E-state index in [1.807, 2.05) is 43.5 Å². The van der Waals surface area contributed by atoms with Gasteiger partial charge in [0.2, 0.25) is 5.78 Å². The minimum Gasteiger partial charge on any atom is -0.485 e. The zero-order valence-electron chi connectivity index (χ0n) is 10.2. The molecule has 4 heteroatoms. The maximum absolute atomic E-state index is 11.9. The third kappa shape index (κ3) is 3.00. The molecule has 0 saturated carbocycles. The first-order chi connectivity index (χ1) is 8.58. The van der Waals surface area contributed by atoms with Gasteiger partial charge in [-0.15, -0.1) is 11.3 Å². The number of hydrogen-bond acceptors (Lipinski definition) is 3. The normalized spacial score (nSPS) is 10.4. The second-order valence-corrected chi connectivity index (χ2v) is 5.85. The number of hydrogen-bond donors (Lipinski definition) is 0. The first kappa shape index (κ1) is 13.3. The smallest absolute Gasteiger partial charge is 0.211 e. The SMILES string of the molecule is Cc1ccc(OCC(=O)c2sccc2Br)c(C)c1. The van der Waals surface area contributed by atoms with Crippen molar-refractivity contribution in [3.8, 4) is 5.75 Å². The third-order valence-corrected chi connectivity index (χ3v) is 4.44. The van der Waals surface area contributed by atoms with Crippen LogP contribution in [-0.2, 0) is 0 Å². The molecule has 0 unspecified atom stereocenters. The molecule has 1 aromatic heterocycles. The van der Waals surface area contributed by atoms with Gasteiger partial charge in [-0.2, -0.15) is 0 Å². The van der Waals surface area contributed by atoms with Crippen LogP contribution in [-0.4, -0.2) is 12.4 Å². The van der Waals surface area contributed by atoms with Gasteiger partial charge in [-0.3, -0.25) is 4.79 Å². The standard InChI is InChI=1S/C14H13BrO2S/c1-9-3-4-13(10(2)7-9)17-8-12(16)14-11(15)5-6-18-14/h3-7H,8H2,1-2H3. The van der Waals surface area contributed by atoms with Gasteiger partial charge in [0.25, 0.3) is 0 Å². The van der Waals surface area contributed by atoms with Crippen LogP contribution in [0.1, 0.15) is 20.8 Å². The quantitative estimate of drug-likeness (QED) is 0.780. The summed E-state index contributed by atoms with van der Waals surface area (Å²) in [6.45, 7) is 4.08. The molecule has 94 valence electrons. The van der Waals surface area contributed by atoms with Crippen LogP contribution in [0.2, 0.25) is 0 Å². The Labute approximate surface area is 119 Å². The van der Waals surface area contributed by atoms with Gasteiger partial charge in [-0.05, 0) is 52.9 Å². The van der Waals surface area contributed by atoms with Gasteiger partial charge < -0.3 is 4.74 Å². The number of carbonyl (C=O) groups is 1. The lowest BCUT2D eigenvalue weighted by Crippen LogP contribution is -2.11. The molecule has 0 bridgehead atoms. The minimum absolute atomic E-state index is 0.00292. The van der Waals surface area contributed by atoms with Crippen molar-refractivity contribution in [1.29, 1.82) is 0 Å². The van der Waals surface area contributed by atoms with E-state index in [9.17, 15) is 4.79 Å². The lowest BCUT2D eigenvalue weighted by atomic mass is 10.1. The summed E-state index contributed by atoms with van der Waals surface area (Å²) in [5.41, 5.74) is 2.24. The Balaban J connectivity index is 2.04. The van der Waals surface area contributed by atoms with Crippen LogP contribution in [0.25, 0.3) is 0 Å². The van der Waals surface area contributed by atoms with E-state index < -0.39 is 0 Å². The van der Waals surface area contributed by atoms with E-state index in [0.717, 1.165) is 15.8 Å². The van der Waals surface area contributed by atoms with Crippen LogP contribution in [0.15, 0.2) is 34.1 Å². The van der Waals surface area contributed by atoms with Crippen molar-refractivity contribution >= 4 is 33.0 Å². The molecule has 1 heterocycles. The first-order valence-electron chi connectivity index (χ1n) is 5.54. The summed E-state index contributed by atoms with van der Waals surface area (Å²) in [6.07, 6.45) is 0. The molecule has 2 aromatic rings. The summed E-state index contributed by atoms with van der Waals surface area (Å²) in [5, 5.41) is 1.88. The number of ether oxygens (including phenoxy) is 1. The Hall–Kier alpha value is -1.13. The number of thiophene rings is 1. The highest BCUT2D eigenvalue weighted by molar-refractivity contribution is 9.10. The molecular weight excluding hydrogens is 312 g/mol. The fraction of sp³-hybridized carbons (Fsp3) is 0.214. The summed E-state index contributed by atoms with van der Waals surface area (Å²) < 4.78 is 6.40. The number of ketones is 1. The number of benzene rings is 1. The van der Waals surface area contributed by atoms with Crippen molar-refractivity contribution in [3.05, 3.63) is 50.1 Å². The van der Waals surface area contributed by atoms with Crippen LogP contribution < -0.4 is 4.74 Å². The fourth-order valence-corrected chi connectivity index (χ4v) is 3.18. The molecule has 2 rings (SSSR count). The Morgan fingerprint density at radius 3 is 2.72 bits per heavy atom. The average Bonchev–Trinajstić information content (AvgIpc) is 2.74. The van der Waals surface area contributed by atoms with E-state index in [-0.39, 0.29) is 12.4 Å². The van der Waals surface area contributed by atoms with Gasteiger partial charge in [0, 0.05) is 4.47 Å². The van der Waals surface area contributed by atoms with Gasteiger partial charge in [0.15, 0.2) is 6.61 Å². The van der Waals surface area contributed by atoms with Crippen molar-refractivity contribution in [2.75, 3.05) is 6.61 Å². The zero-order valence-corrected chi connectivity index (χ0v) is 12.6. The molecule has 2 nitrogen and oxygen atoms in total. The molecule has 0 radical (unpaired) electrons. The predicted molar refractivity (Wildman–Crippen MR) is 77.8 cm³/mol. The average molecular weight is 325 g/mol. The van der Waals surface area contributed by atoms with E-state index in [1.54, 1.807) is 0 Å². The molecule has 0 aliphatic heterocycles. The molecule has 18 heavy (non-hydrogen) atoms. The maximum atomic E-state index is 11.9. The van der Waals surface area contributed by atoms with E-state index >= 15 is 0 Å². The predicted octanol–water partition coefficient (Wildman–Crippen LogP) is 4.39. The van der Waals surface area contributed by atoms with Crippen molar-refractivity contribution in [2.24, 2.45) is 0 Å². The molecule has 0 saturated heterocycles. The highest BCUT2D eigenvalue weighted by Crippen LogP contribution is 2.24. The molecule has 0 aliphatic carbocycles. The van der Waals surface area contributed by atoms with Crippen LogP contribution in [0.3, 0.4) is 0 Å². The molecule has 0 aliphatic rings. The first-order valence-corrected chi connectivity index (χ1v) is 7.21. The molecule has 0 atom stereocenters. The van der Waals surface area contributed by atoms with E-state index in [0.29, 0.717) is 4.88 Å². The monoisotopic (exact) mass is 324 g/mol. The van der Waals surface area contributed by atoms with Gasteiger partial charge >= 0.3 is 0 Å². The minimum atomic E-state index is -0.00292. The summed E-state index contributed by atoms with van der Waals surface area (Å²) in [4.78, 5) is 12.6. The summed E-state index contributed by atoms with van der Waals surface area (Å²) >= 11 is 4.77.